The number of rotatable bonds is 12. The van der Waals surface area contributed by atoms with Gasteiger partial charge in [0, 0.05) is 19.2 Å². The minimum absolute atomic E-state index is 0.0229. The van der Waals surface area contributed by atoms with Gasteiger partial charge in [-0.25, -0.2) is 13.8 Å². The lowest BCUT2D eigenvalue weighted by atomic mass is 9.84. The van der Waals surface area contributed by atoms with Crippen molar-refractivity contribution in [2.24, 2.45) is 0 Å². The number of benzene rings is 3. The summed E-state index contributed by atoms with van der Waals surface area (Å²) in [6.45, 7) is 10.0. The average molecular weight is 681 g/mol. The van der Waals surface area contributed by atoms with Crippen LogP contribution in [0, 0.1) is 18.6 Å². The molecule has 1 atom stereocenters. The number of tetrazole rings is 1. The first-order chi connectivity index (χ1) is 23.4. The van der Waals surface area contributed by atoms with Gasteiger partial charge in [0.25, 0.3) is 8.32 Å². The molecule has 0 saturated heterocycles. The van der Waals surface area contributed by atoms with Gasteiger partial charge in [-0.2, -0.15) is 5.21 Å². The second kappa shape index (κ2) is 13.4. The van der Waals surface area contributed by atoms with Crippen molar-refractivity contribution in [3.63, 3.8) is 0 Å². The van der Waals surface area contributed by atoms with Crippen LogP contribution in [0.4, 0.5) is 8.78 Å². The molecule has 0 aliphatic carbocycles. The molecule has 0 aliphatic rings. The third-order valence-electron chi connectivity index (χ3n) is 8.95. The van der Waals surface area contributed by atoms with Gasteiger partial charge in [-0.05, 0) is 53.5 Å². The van der Waals surface area contributed by atoms with Crippen LogP contribution in [0.2, 0.25) is 5.04 Å². The topological polar surface area (TPSA) is 107 Å². The third-order valence-corrected chi connectivity index (χ3v) is 13.9. The number of aromatic amines is 1. The molecule has 0 amide bonds. The lowest BCUT2D eigenvalue weighted by Crippen LogP contribution is -2.67. The zero-order valence-corrected chi connectivity index (χ0v) is 29.1. The van der Waals surface area contributed by atoms with Crippen molar-refractivity contribution < 1.29 is 22.7 Å². The highest BCUT2D eigenvalue weighted by molar-refractivity contribution is 6.99. The van der Waals surface area contributed by atoms with Crippen LogP contribution in [0.15, 0.2) is 97.2 Å². The molecule has 6 aromatic rings. The Kier molecular flexibility index (Phi) is 9.28. The average Bonchev–Trinajstić information content (AvgIpc) is 3.74. The van der Waals surface area contributed by atoms with Crippen LogP contribution in [0.25, 0.3) is 5.65 Å². The number of nitrogens with one attached hydrogen (secondary N) is 1. The number of carbonyl (C=O) groups is 1. The van der Waals surface area contributed by atoms with E-state index in [4.69, 9.17) is 9.16 Å². The Morgan fingerprint density at radius 1 is 0.878 bits per heavy atom. The van der Waals surface area contributed by atoms with E-state index >= 15 is 0 Å². The number of hydrogen-bond acceptors (Lipinski definition) is 7. The Morgan fingerprint density at radius 2 is 1.51 bits per heavy atom. The quantitative estimate of drug-likeness (QED) is 0.123. The van der Waals surface area contributed by atoms with Crippen molar-refractivity contribution in [3.05, 3.63) is 132 Å². The fourth-order valence-electron chi connectivity index (χ4n) is 6.50. The number of nitrogens with zero attached hydrogens (tertiary/aromatic N) is 5. The van der Waals surface area contributed by atoms with E-state index in [1.165, 1.54) is 18.2 Å². The minimum atomic E-state index is -2.98. The number of ether oxygens (including phenoxy) is 1. The lowest BCUT2D eigenvalue weighted by molar-refractivity contribution is 0.0912. The number of aromatic nitrogens is 6. The van der Waals surface area contributed by atoms with E-state index < -0.39 is 25.4 Å². The van der Waals surface area contributed by atoms with Crippen LogP contribution in [0.5, 0.6) is 5.75 Å². The van der Waals surface area contributed by atoms with Gasteiger partial charge in [0.2, 0.25) is 0 Å². The SMILES string of the molecule is Cc1nc2c(OCc3c(F)cccc3F)cccn2c1C(=O)CC(C)(CO[Si](c1ccccc1)(c1ccccc1)C(C)(C)C)c1nn[nH]n1. The maximum atomic E-state index is 14.4. The molecule has 49 heavy (non-hydrogen) atoms. The van der Waals surface area contributed by atoms with Gasteiger partial charge >= 0.3 is 0 Å². The Hall–Kier alpha value is -5.07. The van der Waals surface area contributed by atoms with Crippen molar-refractivity contribution in [2.75, 3.05) is 6.61 Å². The van der Waals surface area contributed by atoms with E-state index in [-0.39, 0.29) is 41.8 Å². The highest BCUT2D eigenvalue weighted by Crippen LogP contribution is 2.39. The maximum Gasteiger partial charge on any atom is 0.261 e. The Balaban J connectivity index is 1.35. The molecule has 3 aromatic carbocycles. The van der Waals surface area contributed by atoms with Crippen LogP contribution >= 0.6 is 0 Å². The van der Waals surface area contributed by atoms with Gasteiger partial charge in [-0.3, -0.25) is 9.20 Å². The summed E-state index contributed by atoms with van der Waals surface area (Å²) in [6.07, 6.45) is 1.69. The zero-order valence-electron chi connectivity index (χ0n) is 28.1. The molecule has 0 radical (unpaired) electrons. The number of ketones is 1. The van der Waals surface area contributed by atoms with E-state index in [1.807, 2.05) is 43.3 Å². The summed E-state index contributed by atoms with van der Waals surface area (Å²) >= 11 is 0. The van der Waals surface area contributed by atoms with Gasteiger partial charge in [0.1, 0.15) is 23.9 Å². The van der Waals surface area contributed by atoms with E-state index in [1.54, 1.807) is 29.7 Å². The summed E-state index contributed by atoms with van der Waals surface area (Å²) in [4.78, 5) is 19.0. The van der Waals surface area contributed by atoms with Gasteiger partial charge in [-0.1, -0.05) is 92.7 Å². The van der Waals surface area contributed by atoms with E-state index in [9.17, 15) is 13.6 Å². The first kappa shape index (κ1) is 33.8. The normalized spacial score (nSPS) is 13.4. The van der Waals surface area contributed by atoms with Crippen molar-refractivity contribution in [1.82, 2.24) is 30.0 Å². The highest BCUT2D eigenvalue weighted by Gasteiger charge is 2.52. The molecule has 0 saturated carbocycles. The molecule has 3 heterocycles. The summed E-state index contributed by atoms with van der Waals surface area (Å²) in [7, 11) is -2.98. The lowest BCUT2D eigenvalue weighted by Gasteiger charge is -2.44. The minimum Gasteiger partial charge on any atom is -0.485 e. The molecule has 252 valence electrons. The molecule has 12 heteroatoms. The van der Waals surface area contributed by atoms with Crippen molar-refractivity contribution in [3.8, 4) is 5.75 Å². The number of aryl methyl sites for hydroxylation is 1. The number of Topliss-reactive ketones (excluding diaryl/α,β-unsaturated/α-hetero) is 1. The Morgan fingerprint density at radius 3 is 2.08 bits per heavy atom. The summed E-state index contributed by atoms with van der Waals surface area (Å²) in [5.74, 6) is -1.00. The number of halogens is 2. The van der Waals surface area contributed by atoms with Crippen LogP contribution in [0.3, 0.4) is 0 Å². The molecule has 9 nitrogen and oxygen atoms in total. The predicted molar refractivity (Wildman–Crippen MR) is 185 cm³/mol. The number of fused-ring (bicyclic) bond motifs is 1. The molecule has 0 spiro atoms. The third kappa shape index (κ3) is 6.41. The summed E-state index contributed by atoms with van der Waals surface area (Å²) in [5.41, 5.74) is -0.0190. The summed E-state index contributed by atoms with van der Waals surface area (Å²) in [5, 5.41) is 17.0. The van der Waals surface area contributed by atoms with Crippen molar-refractivity contribution >= 4 is 30.1 Å². The fourth-order valence-corrected chi connectivity index (χ4v) is 11.2. The number of H-pyrrole nitrogens is 1. The largest absolute Gasteiger partial charge is 0.485 e. The van der Waals surface area contributed by atoms with Gasteiger partial charge in [0.05, 0.1) is 16.7 Å². The molecule has 0 bridgehead atoms. The maximum absolute atomic E-state index is 14.4. The predicted octanol–water partition coefficient (Wildman–Crippen LogP) is 6.12. The number of imidazole rings is 1. The molecule has 3 aromatic heterocycles. The standard InChI is InChI=1S/C37H38F2N6O3Si/c1-25-33(45-21-13-20-32(34(45)40-25)47-23-28-29(38)18-12-19-30(28)39)31(46)22-37(5,35-41-43-44-42-35)24-48-49(36(2,3)4,26-14-8-6-9-15-26)27-16-10-7-11-17-27/h6-21H,22-24H2,1-5H3,(H,41,42,43,44). The van der Waals surface area contributed by atoms with Gasteiger partial charge in [0.15, 0.2) is 23.0 Å². The molecule has 0 fully saturated rings. The van der Waals surface area contributed by atoms with E-state index in [2.05, 4.69) is 70.6 Å². The first-order valence-corrected chi connectivity index (χ1v) is 17.9. The zero-order chi connectivity index (χ0) is 34.8. The van der Waals surface area contributed by atoms with Crippen LogP contribution in [-0.4, -0.2) is 50.7 Å². The fraction of sp³-hybridized carbons (Fsp3) is 0.270. The molecule has 1 unspecified atom stereocenters. The van der Waals surface area contributed by atoms with Crippen LogP contribution < -0.4 is 15.1 Å². The van der Waals surface area contributed by atoms with E-state index in [0.29, 0.717) is 22.9 Å². The number of pyridine rings is 1. The summed E-state index contributed by atoms with van der Waals surface area (Å²) < 4.78 is 43.4. The Labute approximate surface area is 284 Å². The van der Waals surface area contributed by atoms with Gasteiger partial charge < -0.3 is 9.16 Å². The first-order valence-electron chi connectivity index (χ1n) is 16.0. The van der Waals surface area contributed by atoms with Crippen LogP contribution in [0.1, 0.15) is 61.7 Å². The molecular weight excluding hydrogens is 643 g/mol. The molecular formula is C37H38F2N6O3Si. The number of carbonyl (C=O) groups excluding carboxylic acids is 1. The van der Waals surface area contributed by atoms with Crippen LogP contribution in [-0.2, 0) is 16.4 Å². The number of hydrogen-bond donors (Lipinski definition) is 1. The Bertz CT molecular complexity index is 2010. The molecule has 0 aliphatic heterocycles. The monoisotopic (exact) mass is 680 g/mol. The summed E-state index contributed by atoms with van der Waals surface area (Å²) in [6, 6.07) is 27.5. The van der Waals surface area contributed by atoms with E-state index in [0.717, 1.165) is 10.4 Å². The van der Waals surface area contributed by atoms with Gasteiger partial charge in [-0.15, -0.1) is 10.2 Å². The second-order valence-electron chi connectivity index (χ2n) is 13.4. The highest BCUT2D eigenvalue weighted by atomic mass is 28.4. The molecule has 1 N–H and O–H groups in total. The smallest absolute Gasteiger partial charge is 0.261 e. The molecule has 6 rings (SSSR count). The second-order valence-corrected chi connectivity index (χ2v) is 17.8. The van der Waals surface area contributed by atoms with Crippen molar-refractivity contribution in [1.29, 1.82) is 0 Å². The van der Waals surface area contributed by atoms with Crippen molar-refractivity contribution in [2.45, 2.75) is 58.1 Å².